The minimum absolute atomic E-state index is 0.0270. The van der Waals surface area contributed by atoms with E-state index >= 15 is 0 Å². The molecule has 2 N–H and O–H groups in total. The molecular formula is C9H17N3O2S. The van der Waals surface area contributed by atoms with Gasteiger partial charge in [0.2, 0.25) is 10.0 Å². The largest absolute Gasteiger partial charge is 0.317 e. The maximum Gasteiger partial charge on any atom is 0.227 e. The van der Waals surface area contributed by atoms with Gasteiger partial charge in [-0.2, -0.15) is 5.26 Å². The van der Waals surface area contributed by atoms with Crippen molar-refractivity contribution in [2.75, 3.05) is 13.1 Å². The Bertz CT molecular complexity index is 326. The predicted octanol–water partition coefficient (Wildman–Crippen LogP) is -0.0400. The Labute approximate surface area is 90.9 Å². The average Bonchev–Trinajstić information content (AvgIpc) is 2.44. The van der Waals surface area contributed by atoms with Crippen LogP contribution in [0.1, 0.15) is 26.2 Å². The molecule has 0 radical (unpaired) electrons. The highest BCUT2D eigenvalue weighted by Crippen LogP contribution is 2.08. The highest BCUT2D eigenvalue weighted by Gasteiger charge is 2.24. The highest BCUT2D eigenvalue weighted by atomic mass is 32.2. The Morgan fingerprint density at radius 3 is 2.87 bits per heavy atom. The quantitative estimate of drug-likeness (QED) is 0.714. The summed E-state index contributed by atoms with van der Waals surface area (Å²) in [7, 11) is -3.47. The molecule has 6 heteroatoms. The molecule has 1 aliphatic heterocycles. The van der Waals surface area contributed by atoms with Crippen LogP contribution in [0.25, 0.3) is 0 Å². The van der Waals surface area contributed by atoms with Crippen molar-refractivity contribution in [3.05, 3.63) is 0 Å². The first-order valence-electron chi connectivity index (χ1n) is 5.18. The number of nitriles is 1. The van der Waals surface area contributed by atoms with Crippen molar-refractivity contribution < 1.29 is 8.42 Å². The number of rotatable bonds is 3. The molecule has 0 aliphatic carbocycles. The van der Waals surface area contributed by atoms with Crippen molar-refractivity contribution in [1.82, 2.24) is 10.0 Å². The van der Waals surface area contributed by atoms with Gasteiger partial charge in [-0.1, -0.05) is 0 Å². The summed E-state index contributed by atoms with van der Waals surface area (Å²) in [6, 6.07) is 1.72. The highest BCUT2D eigenvalue weighted by molar-refractivity contribution is 7.90. The van der Waals surface area contributed by atoms with E-state index in [4.69, 9.17) is 5.26 Å². The van der Waals surface area contributed by atoms with Crippen LogP contribution in [0.2, 0.25) is 0 Å². The van der Waals surface area contributed by atoms with Gasteiger partial charge in [0.1, 0.15) is 0 Å². The third-order valence-corrected chi connectivity index (χ3v) is 4.25. The minimum Gasteiger partial charge on any atom is -0.317 e. The van der Waals surface area contributed by atoms with E-state index in [1.54, 1.807) is 6.07 Å². The summed E-state index contributed by atoms with van der Waals surface area (Å²) in [6.45, 7) is 3.16. The van der Waals surface area contributed by atoms with Crippen LogP contribution in [-0.4, -0.2) is 32.8 Å². The van der Waals surface area contributed by atoms with Crippen molar-refractivity contribution in [3.8, 4) is 6.07 Å². The molecule has 0 bridgehead atoms. The van der Waals surface area contributed by atoms with Crippen LogP contribution in [0.15, 0.2) is 0 Å². The molecule has 1 rings (SSSR count). The maximum atomic E-state index is 11.6. The van der Waals surface area contributed by atoms with E-state index < -0.39 is 15.3 Å². The summed E-state index contributed by atoms with van der Waals surface area (Å²) in [5.41, 5.74) is 0. The molecule has 86 valence electrons. The first-order valence-corrected chi connectivity index (χ1v) is 6.72. The summed E-state index contributed by atoms with van der Waals surface area (Å²) < 4.78 is 25.8. The fourth-order valence-electron chi connectivity index (χ4n) is 1.54. The number of hydrogen-bond donors (Lipinski definition) is 2. The Hall–Kier alpha value is -0.640. The van der Waals surface area contributed by atoms with Crippen molar-refractivity contribution in [2.24, 2.45) is 0 Å². The van der Waals surface area contributed by atoms with Gasteiger partial charge in [0.05, 0.1) is 6.07 Å². The van der Waals surface area contributed by atoms with Crippen LogP contribution in [-0.2, 0) is 10.0 Å². The van der Waals surface area contributed by atoms with Crippen LogP contribution in [0.5, 0.6) is 0 Å². The second-order valence-corrected chi connectivity index (χ2v) is 5.84. The zero-order valence-corrected chi connectivity index (χ0v) is 9.68. The van der Waals surface area contributed by atoms with E-state index in [0.717, 1.165) is 32.4 Å². The molecule has 0 saturated carbocycles. The van der Waals surface area contributed by atoms with Crippen molar-refractivity contribution in [3.63, 3.8) is 0 Å². The average molecular weight is 231 g/mol. The topological polar surface area (TPSA) is 82.0 Å². The standard InChI is InChI=1S/C9H17N3O2S/c1-8(7-10)15(13,14)12-9-3-2-5-11-6-4-9/h8-9,11-12H,2-6H2,1H3. The smallest absolute Gasteiger partial charge is 0.227 e. The zero-order valence-electron chi connectivity index (χ0n) is 8.86. The molecule has 5 nitrogen and oxygen atoms in total. The van der Waals surface area contributed by atoms with Crippen molar-refractivity contribution >= 4 is 10.0 Å². The zero-order chi connectivity index (χ0) is 11.3. The van der Waals surface area contributed by atoms with Gasteiger partial charge < -0.3 is 5.32 Å². The lowest BCUT2D eigenvalue weighted by Crippen LogP contribution is -2.39. The van der Waals surface area contributed by atoms with E-state index in [9.17, 15) is 8.42 Å². The third kappa shape index (κ3) is 3.78. The number of nitrogens with one attached hydrogen (secondary N) is 2. The lowest BCUT2D eigenvalue weighted by Gasteiger charge is -2.16. The van der Waals surface area contributed by atoms with Gasteiger partial charge in [-0.25, -0.2) is 13.1 Å². The Morgan fingerprint density at radius 2 is 2.20 bits per heavy atom. The van der Waals surface area contributed by atoms with Crippen LogP contribution in [0.3, 0.4) is 0 Å². The SMILES string of the molecule is CC(C#N)S(=O)(=O)NC1CCCNCC1. The van der Waals surface area contributed by atoms with Gasteiger partial charge in [0.25, 0.3) is 0 Å². The molecule has 2 atom stereocenters. The van der Waals surface area contributed by atoms with E-state index in [2.05, 4.69) is 10.0 Å². The summed E-state index contributed by atoms with van der Waals surface area (Å²) in [6.07, 6.45) is 2.59. The fraction of sp³-hybridized carbons (Fsp3) is 0.889. The molecule has 0 aromatic heterocycles. The number of sulfonamides is 1. The number of hydrogen-bond acceptors (Lipinski definition) is 4. The third-order valence-electron chi connectivity index (χ3n) is 2.55. The Kier molecular flexibility index (Phi) is 4.51. The van der Waals surface area contributed by atoms with Crippen molar-refractivity contribution in [1.29, 1.82) is 5.26 Å². The van der Waals surface area contributed by atoms with Crippen LogP contribution < -0.4 is 10.0 Å². The van der Waals surface area contributed by atoms with Crippen LogP contribution >= 0.6 is 0 Å². The van der Waals surface area contributed by atoms with Gasteiger partial charge in [-0.3, -0.25) is 0 Å². The fourth-order valence-corrected chi connectivity index (χ4v) is 2.58. The molecule has 1 saturated heterocycles. The first kappa shape index (κ1) is 12.4. The molecule has 1 fully saturated rings. The molecule has 1 heterocycles. The number of nitrogens with zero attached hydrogens (tertiary/aromatic N) is 1. The van der Waals surface area contributed by atoms with Crippen LogP contribution in [0.4, 0.5) is 0 Å². The van der Waals surface area contributed by atoms with E-state index in [-0.39, 0.29) is 6.04 Å². The lowest BCUT2D eigenvalue weighted by atomic mass is 10.1. The Morgan fingerprint density at radius 1 is 1.47 bits per heavy atom. The molecule has 0 amide bonds. The molecule has 0 spiro atoms. The molecule has 0 aromatic rings. The monoisotopic (exact) mass is 231 g/mol. The van der Waals surface area contributed by atoms with Gasteiger partial charge in [0, 0.05) is 6.04 Å². The summed E-state index contributed by atoms with van der Waals surface area (Å²) in [5.74, 6) is 0. The lowest BCUT2D eigenvalue weighted by molar-refractivity contribution is 0.515. The molecule has 15 heavy (non-hydrogen) atoms. The summed E-state index contributed by atoms with van der Waals surface area (Å²) in [4.78, 5) is 0. The molecular weight excluding hydrogens is 214 g/mol. The van der Waals surface area contributed by atoms with E-state index in [0.29, 0.717) is 0 Å². The summed E-state index contributed by atoms with van der Waals surface area (Å²) in [5, 5.41) is 10.8. The van der Waals surface area contributed by atoms with Gasteiger partial charge in [-0.15, -0.1) is 0 Å². The molecule has 1 aliphatic rings. The second kappa shape index (κ2) is 5.45. The second-order valence-electron chi connectivity index (χ2n) is 3.81. The van der Waals surface area contributed by atoms with Crippen molar-refractivity contribution in [2.45, 2.75) is 37.5 Å². The van der Waals surface area contributed by atoms with Gasteiger partial charge in [-0.05, 0) is 39.3 Å². The van der Waals surface area contributed by atoms with E-state index in [1.165, 1.54) is 6.92 Å². The minimum atomic E-state index is -3.47. The normalized spacial score (nSPS) is 25.2. The summed E-state index contributed by atoms with van der Waals surface area (Å²) >= 11 is 0. The van der Waals surface area contributed by atoms with Gasteiger partial charge >= 0.3 is 0 Å². The molecule has 0 aromatic carbocycles. The van der Waals surface area contributed by atoms with E-state index in [1.807, 2.05) is 0 Å². The Balaban J connectivity index is 2.56. The first-order chi connectivity index (χ1) is 7.06. The van der Waals surface area contributed by atoms with Gasteiger partial charge in [0.15, 0.2) is 5.25 Å². The van der Waals surface area contributed by atoms with Crippen LogP contribution in [0, 0.1) is 11.3 Å². The predicted molar refractivity (Wildman–Crippen MR) is 57.6 cm³/mol. The maximum absolute atomic E-state index is 11.6. The molecule has 2 unspecified atom stereocenters.